The highest BCUT2D eigenvalue weighted by molar-refractivity contribution is 6.05. The molecule has 0 saturated carbocycles. The van der Waals surface area contributed by atoms with Crippen molar-refractivity contribution in [3.05, 3.63) is 18.5 Å². The number of imide groups is 1. The summed E-state index contributed by atoms with van der Waals surface area (Å²) in [6, 6.07) is 0.372. The van der Waals surface area contributed by atoms with E-state index in [1.807, 2.05) is 0 Å². The maximum Gasteiger partial charge on any atom is 0.325 e. The number of carboxylic acids is 1. The topological polar surface area (TPSA) is 125 Å². The van der Waals surface area contributed by atoms with Crippen molar-refractivity contribution in [3.8, 4) is 0 Å². The molecule has 1 unspecified atom stereocenters. The molecule has 1 aromatic heterocycles. The third-order valence-electron chi connectivity index (χ3n) is 2.92. The van der Waals surface area contributed by atoms with Crippen molar-refractivity contribution in [2.75, 3.05) is 18.4 Å². The van der Waals surface area contributed by atoms with E-state index >= 15 is 0 Å². The molecule has 0 radical (unpaired) electrons. The molecule has 3 amide bonds. The summed E-state index contributed by atoms with van der Waals surface area (Å²) in [4.78, 5) is 42.6. The summed E-state index contributed by atoms with van der Waals surface area (Å²) in [5, 5.41) is 14.1. The van der Waals surface area contributed by atoms with Gasteiger partial charge in [0.15, 0.2) is 0 Å². The van der Waals surface area contributed by atoms with Crippen molar-refractivity contribution >= 4 is 23.9 Å². The third-order valence-corrected chi connectivity index (χ3v) is 2.92. The van der Waals surface area contributed by atoms with Gasteiger partial charge in [-0.25, -0.2) is 14.8 Å². The summed E-state index contributed by atoms with van der Waals surface area (Å²) in [7, 11) is 0. The highest BCUT2D eigenvalue weighted by Gasteiger charge is 2.38. The third kappa shape index (κ3) is 3.88. The summed E-state index contributed by atoms with van der Waals surface area (Å²) < 4.78 is 0. The fraction of sp³-hybridized carbons (Fsp3) is 0.417. The van der Waals surface area contributed by atoms with Crippen molar-refractivity contribution in [1.82, 2.24) is 20.2 Å². The number of hydrogen-bond donors (Lipinski definition) is 3. The number of carbonyl (C=O) groups excluding carboxylic acids is 2. The smallest absolute Gasteiger partial charge is 0.325 e. The molecule has 1 fully saturated rings. The molecule has 9 nitrogen and oxygen atoms in total. The van der Waals surface area contributed by atoms with Crippen LogP contribution in [0.1, 0.15) is 12.8 Å². The zero-order valence-corrected chi connectivity index (χ0v) is 11.2. The Morgan fingerprint density at radius 2 is 2.10 bits per heavy atom. The SMILES string of the molecule is O=C(O)CN1C(=O)NC(CCCNc2ncccn2)C1=O. The first-order valence-corrected chi connectivity index (χ1v) is 6.42. The van der Waals surface area contributed by atoms with Crippen LogP contribution >= 0.6 is 0 Å². The van der Waals surface area contributed by atoms with Gasteiger partial charge in [0.2, 0.25) is 5.95 Å². The highest BCUT2D eigenvalue weighted by Crippen LogP contribution is 2.11. The lowest BCUT2D eigenvalue weighted by Crippen LogP contribution is -2.36. The Morgan fingerprint density at radius 3 is 2.76 bits per heavy atom. The molecule has 0 aliphatic carbocycles. The van der Waals surface area contributed by atoms with Gasteiger partial charge in [0.25, 0.3) is 5.91 Å². The van der Waals surface area contributed by atoms with Crippen LogP contribution < -0.4 is 10.6 Å². The minimum absolute atomic E-state index is 0.417. The lowest BCUT2D eigenvalue weighted by atomic mass is 10.1. The van der Waals surface area contributed by atoms with Gasteiger partial charge in [0.05, 0.1) is 0 Å². The number of carbonyl (C=O) groups is 3. The van der Waals surface area contributed by atoms with Crippen LogP contribution in [0.2, 0.25) is 0 Å². The van der Waals surface area contributed by atoms with Crippen molar-refractivity contribution in [2.45, 2.75) is 18.9 Å². The number of carboxylic acid groups (broad SMARTS) is 1. The number of urea groups is 1. The van der Waals surface area contributed by atoms with E-state index in [0.29, 0.717) is 30.2 Å². The Kier molecular flexibility index (Phi) is 4.64. The second-order valence-electron chi connectivity index (χ2n) is 4.46. The highest BCUT2D eigenvalue weighted by atomic mass is 16.4. The predicted octanol–water partition coefficient (Wildman–Crippen LogP) is -0.326. The fourth-order valence-electron chi connectivity index (χ4n) is 1.95. The van der Waals surface area contributed by atoms with Crippen LogP contribution in [0.3, 0.4) is 0 Å². The van der Waals surface area contributed by atoms with E-state index in [2.05, 4.69) is 20.6 Å². The Balaban J connectivity index is 1.75. The van der Waals surface area contributed by atoms with E-state index in [-0.39, 0.29) is 0 Å². The summed E-state index contributed by atoms with van der Waals surface area (Å²) in [6.07, 6.45) is 4.25. The Bertz CT molecular complexity index is 536. The van der Waals surface area contributed by atoms with Gasteiger partial charge in [-0.1, -0.05) is 0 Å². The second-order valence-corrected chi connectivity index (χ2v) is 4.46. The van der Waals surface area contributed by atoms with Crippen molar-refractivity contribution in [3.63, 3.8) is 0 Å². The second kappa shape index (κ2) is 6.64. The lowest BCUT2D eigenvalue weighted by molar-refractivity contribution is -0.141. The van der Waals surface area contributed by atoms with Crippen molar-refractivity contribution in [1.29, 1.82) is 0 Å². The molecule has 9 heteroatoms. The minimum atomic E-state index is -1.22. The molecule has 3 N–H and O–H groups in total. The summed E-state index contributed by atoms with van der Waals surface area (Å²) in [5.74, 6) is -1.23. The first kappa shape index (κ1) is 14.7. The average molecular weight is 293 g/mol. The molecular weight excluding hydrogens is 278 g/mol. The molecule has 2 heterocycles. The molecule has 1 aliphatic heterocycles. The summed E-state index contributed by atoms with van der Waals surface area (Å²) >= 11 is 0. The number of nitrogens with zero attached hydrogens (tertiary/aromatic N) is 3. The van der Waals surface area contributed by atoms with Crippen LogP contribution in [-0.4, -0.2) is 57.0 Å². The first-order valence-electron chi connectivity index (χ1n) is 6.42. The number of aliphatic carboxylic acids is 1. The number of hydrogen-bond acceptors (Lipinski definition) is 6. The average Bonchev–Trinajstić information content (AvgIpc) is 2.72. The van der Waals surface area contributed by atoms with Gasteiger partial charge in [0, 0.05) is 18.9 Å². The standard InChI is InChI=1S/C12H15N5O4/c18-9(19)7-17-10(20)8(16-12(17)21)3-1-4-13-11-14-5-2-6-15-11/h2,5-6,8H,1,3-4,7H2,(H,16,21)(H,18,19)(H,13,14,15). The van der Waals surface area contributed by atoms with Gasteiger partial charge < -0.3 is 15.7 Å². The Labute approximate surface area is 120 Å². The first-order chi connectivity index (χ1) is 10.1. The molecule has 1 saturated heterocycles. The van der Waals surface area contributed by atoms with Crippen LogP contribution in [0.5, 0.6) is 0 Å². The van der Waals surface area contributed by atoms with Gasteiger partial charge in [-0.3, -0.25) is 14.5 Å². The molecule has 2 rings (SSSR count). The Hall–Kier alpha value is -2.71. The van der Waals surface area contributed by atoms with Crippen LogP contribution in [-0.2, 0) is 9.59 Å². The van der Waals surface area contributed by atoms with E-state index in [1.54, 1.807) is 18.5 Å². The van der Waals surface area contributed by atoms with Crippen LogP contribution in [0.15, 0.2) is 18.5 Å². The van der Waals surface area contributed by atoms with Gasteiger partial charge >= 0.3 is 12.0 Å². The summed E-state index contributed by atoms with van der Waals surface area (Å²) in [6.45, 7) is -0.0696. The van der Waals surface area contributed by atoms with Crippen LogP contribution in [0.25, 0.3) is 0 Å². The number of anilines is 1. The zero-order chi connectivity index (χ0) is 15.2. The lowest BCUT2D eigenvalue weighted by Gasteiger charge is -2.10. The van der Waals surface area contributed by atoms with Gasteiger partial charge in [-0.2, -0.15) is 0 Å². The van der Waals surface area contributed by atoms with Crippen molar-refractivity contribution < 1.29 is 19.5 Å². The zero-order valence-electron chi connectivity index (χ0n) is 11.2. The fourth-order valence-corrected chi connectivity index (χ4v) is 1.95. The number of rotatable bonds is 7. The van der Waals surface area contributed by atoms with Crippen molar-refractivity contribution in [2.24, 2.45) is 0 Å². The normalized spacial score (nSPS) is 17.7. The maximum atomic E-state index is 11.8. The molecular formula is C12H15N5O4. The summed E-state index contributed by atoms with van der Waals surface area (Å²) in [5.41, 5.74) is 0. The monoisotopic (exact) mass is 293 g/mol. The van der Waals surface area contributed by atoms with Gasteiger partial charge in [0.1, 0.15) is 12.6 Å². The van der Waals surface area contributed by atoms with Crippen LogP contribution in [0.4, 0.5) is 10.7 Å². The number of amides is 3. The number of aromatic nitrogens is 2. The van der Waals surface area contributed by atoms with E-state index < -0.39 is 30.5 Å². The van der Waals surface area contributed by atoms with Crippen LogP contribution in [0, 0.1) is 0 Å². The maximum absolute atomic E-state index is 11.8. The quantitative estimate of drug-likeness (QED) is 0.464. The minimum Gasteiger partial charge on any atom is -0.480 e. The van der Waals surface area contributed by atoms with E-state index in [0.717, 1.165) is 0 Å². The number of nitrogens with one attached hydrogen (secondary N) is 2. The van der Waals surface area contributed by atoms with Gasteiger partial charge in [-0.05, 0) is 18.9 Å². The Morgan fingerprint density at radius 1 is 1.38 bits per heavy atom. The predicted molar refractivity (Wildman–Crippen MR) is 71.4 cm³/mol. The largest absolute Gasteiger partial charge is 0.480 e. The van der Waals surface area contributed by atoms with Gasteiger partial charge in [-0.15, -0.1) is 0 Å². The van der Waals surface area contributed by atoms with E-state index in [4.69, 9.17) is 5.11 Å². The molecule has 1 aliphatic rings. The molecule has 0 spiro atoms. The molecule has 21 heavy (non-hydrogen) atoms. The molecule has 1 aromatic rings. The molecule has 0 aromatic carbocycles. The van der Waals surface area contributed by atoms with E-state index in [1.165, 1.54) is 0 Å². The molecule has 0 bridgehead atoms. The molecule has 112 valence electrons. The molecule has 1 atom stereocenters. The van der Waals surface area contributed by atoms with E-state index in [9.17, 15) is 14.4 Å².